The molecular formula is C13H28N2. The Morgan fingerprint density at radius 1 is 1.33 bits per heavy atom. The molecule has 0 spiro atoms. The van der Waals surface area contributed by atoms with E-state index in [4.69, 9.17) is 5.73 Å². The monoisotopic (exact) mass is 212 g/mol. The summed E-state index contributed by atoms with van der Waals surface area (Å²) in [5.41, 5.74) is 5.79. The Morgan fingerprint density at radius 2 is 2.07 bits per heavy atom. The van der Waals surface area contributed by atoms with E-state index in [0.29, 0.717) is 0 Å². The van der Waals surface area contributed by atoms with Crippen molar-refractivity contribution in [2.24, 2.45) is 17.6 Å². The molecule has 1 rings (SSSR count). The van der Waals surface area contributed by atoms with Gasteiger partial charge in [0.15, 0.2) is 0 Å². The van der Waals surface area contributed by atoms with Crippen molar-refractivity contribution in [2.75, 3.05) is 19.6 Å². The van der Waals surface area contributed by atoms with Crippen LogP contribution in [0.15, 0.2) is 0 Å². The lowest BCUT2D eigenvalue weighted by Crippen LogP contribution is -2.41. The highest BCUT2D eigenvalue weighted by Gasteiger charge is 2.25. The summed E-state index contributed by atoms with van der Waals surface area (Å²) in [7, 11) is 0. The van der Waals surface area contributed by atoms with E-state index in [-0.39, 0.29) is 0 Å². The molecule has 90 valence electrons. The minimum Gasteiger partial charge on any atom is -0.330 e. The predicted octanol–water partition coefficient (Wildman–Crippen LogP) is 2.48. The minimum atomic E-state index is 0.781. The Labute approximate surface area is 95.2 Å². The highest BCUT2D eigenvalue weighted by molar-refractivity contribution is 4.80. The lowest BCUT2D eigenvalue weighted by Gasteiger charge is -2.37. The Balaban J connectivity index is 2.44. The second-order valence-electron chi connectivity index (χ2n) is 5.40. The van der Waals surface area contributed by atoms with Crippen LogP contribution in [0.1, 0.15) is 46.5 Å². The van der Waals surface area contributed by atoms with E-state index in [9.17, 15) is 0 Å². The van der Waals surface area contributed by atoms with Gasteiger partial charge < -0.3 is 10.6 Å². The number of nitrogens with two attached hydrogens (primary N) is 1. The van der Waals surface area contributed by atoms with Crippen molar-refractivity contribution < 1.29 is 0 Å². The highest BCUT2D eigenvalue weighted by Crippen LogP contribution is 2.27. The fraction of sp³-hybridized carbons (Fsp3) is 1.00. The molecule has 1 aliphatic carbocycles. The van der Waals surface area contributed by atoms with E-state index in [0.717, 1.165) is 24.4 Å². The van der Waals surface area contributed by atoms with Crippen molar-refractivity contribution in [3.63, 3.8) is 0 Å². The van der Waals surface area contributed by atoms with Gasteiger partial charge in [-0.05, 0) is 44.2 Å². The van der Waals surface area contributed by atoms with Gasteiger partial charge in [0.25, 0.3) is 0 Å². The second-order valence-corrected chi connectivity index (χ2v) is 5.40. The quantitative estimate of drug-likeness (QED) is 0.758. The number of hydrogen-bond donors (Lipinski definition) is 1. The summed E-state index contributed by atoms with van der Waals surface area (Å²) in [5.74, 6) is 1.56. The Bertz CT molecular complexity index is 168. The molecule has 0 aliphatic heterocycles. The van der Waals surface area contributed by atoms with Gasteiger partial charge in [-0.2, -0.15) is 0 Å². The van der Waals surface area contributed by atoms with Crippen LogP contribution in [-0.4, -0.2) is 30.6 Å². The lowest BCUT2D eigenvalue weighted by molar-refractivity contribution is 0.124. The molecule has 0 aromatic rings. The highest BCUT2D eigenvalue weighted by atomic mass is 15.1. The van der Waals surface area contributed by atoms with Gasteiger partial charge in [0.05, 0.1) is 0 Å². The van der Waals surface area contributed by atoms with Crippen molar-refractivity contribution in [1.29, 1.82) is 0 Å². The number of nitrogens with zero attached hydrogens (tertiary/aromatic N) is 1. The fourth-order valence-electron chi connectivity index (χ4n) is 2.81. The third kappa shape index (κ3) is 4.12. The minimum absolute atomic E-state index is 0.781. The van der Waals surface area contributed by atoms with Crippen LogP contribution in [0.3, 0.4) is 0 Å². The summed E-state index contributed by atoms with van der Waals surface area (Å²) in [6.07, 6.45) is 5.45. The molecule has 2 heteroatoms. The predicted molar refractivity (Wildman–Crippen MR) is 66.9 cm³/mol. The molecule has 0 amide bonds. The van der Waals surface area contributed by atoms with Gasteiger partial charge in [-0.3, -0.25) is 0 Å². The molecule has 1 aliphatic rings. The smallest absolute Gasteiger partial charge is 0.00983 e. The second kappa shape index (κ2) is 6.49. The standard InChI is InChI=1S/C13H28N2/c1-4-15(10-11(2)3)13-7-5-6-12(8-13)9-14/h11-13H,4-10,14H2,1-3H3. The first-order valence-electron chi connectivity index (χ1n) is 6.61. The van der Waals surface area contributed by atoms with E-state index in [1.807, 2.05) is 0 Å². The molecule has 2 N–H and O–H groups in total. The summed E-state index contributed by atoms with van der Waals surface area (Å²) in [4.78, 5) is 2.66. The molecule has 0 radical (unpaired) electrons. The van der Waals surface area contributed by atoms with Gasteiger partial charge >= 0.3 is 0 Å². The maximum atomic E-state index is 5.79. The average molecular weight is 212 g/mol. The molecule has 0 aromatic carbocycles. The summed E-state index contributed by atoms with van der Waals surface area (Å²) < 4.78 is 0. The van der Waals surface area contributed by atoms with Crippen molar-refractivity contribution in [1.82, 2.24) is 4.90 Å². The topological polar surface area (TPSA) is 29.3 Å². The van der Waals surface area contributed by atoms with E-state index in [2.05, 4.69) is 25.7 Å². The SMILES string of the molecule is CCN(CC(C)C)C1CCCC(CN)C1. The lowest BCUT2D eigenvalue weighted by atomic mass is 9.84. The molecule has 2 atom stereocenters. The van der Waals surface area contributed by atoms with Crippen LogP contribution < -0.4 is 5.73 Å². The average Bonchev–Trinajstić information content (AvgIpc) is 2.25. The van der Waals surface area contributed by atoms with Gasteiger partial charge in [-0.15, -0.1) is 0 Å². The molecular weight excluding hydrogens is 184 g/mol. The summed E-state index contributed by atoms with van der Waals surface area (Å²) in [6.45, 7) is 10.2. The van der Waals surface area contributed by atoms with Crippen LogP contribution in [0.4, 0.5) is 0 Å². The first kappa shape index (κ1) is 13.0. The van der Waals surface area contributed by atoms with Gasteiger partial charge in [-0.25, -0.2) is 0 Å². The summed E-state index contributed by atoms with van der Waals surface area (Å²) in [6, 6.07) is 0.805. The molecule has 2 unspecified atom stereocenters. The van der Waals surface area contributed by atoms with Crippen LogP contribution in [0.2, 0.25) is 0 Å². The zero-order chi connectivity index (χ0) is 11.3. The van der Waals surface area contributed by atoms with Crippen molar-refractivity contribution in [3.8, 4) is 0 Å². The Hall–Kier alpha value is -0.0800. The van der Waals surface area contributed by atoms with E-state index < -0.39 is 0 Å². The van der Waals surface area contributed by atoms with Gasteiger partial charge in [0, 0.05) is 12.6 Å². The fourth-order valence-corrected chi connectivity index (χ4v) is 2.81. The molecule has 1 fully saturated rings. The van der Waals surface area contributed by atoms with Crippen LogP contribution in [0.5, 0.6) is 0 Å². The van der Waals surface area contributed by atoms with E-state index in [1.54, 1.807) is 0 Å². The Kier molecular flexibility index (Phi) is 5.62. The Morgan fingerprint density at radius 3 is 2.60 bits per heavy atom. The molecule has 0 saturated heterocycles. The van der Waals surface area contributed by atoms with Gasteiger partial charge in [-0.1, -0.05) is 27.2 Å². The van der Waals surface area contributed by atoms with Crippen LogP contribution in [-0.2, 0) is 0 Å². The normalized spacial score (nSPS) is 27.6. The number of hydrogen-bond acceptors (Lipinski definition) is 2. The molecule has 15 heavy (non-hydrogen) atoms. The zero-order valence-electron chi connectivity index (χ0n) is 10.7. The van der Waals surface area contributed by atoms with Gasteiger partial charge in [0.1, 0.15) is 0 Å². The first-order valence-corrected chi connectivity index (χ1v) is 6.61. The van der Waals surface area contributed by atoms with Crippen molar-refractivity contribution in [2.45, 2.75) is 52.5 Å². The van der Waals surface area contributed by atoms with Gasteiger partial charge in [0.2, 0.25) is 0 Å². The van der Waals surface area contributed by atoms with E-state index >= 15 is 0 Å². The first-order chi connectivity index (χ1) is 7.17. The molecule has 0 aromatic heterocycles. The molecule has 0 bridgehead atoms. The van der Waals surface area contributed by atoms with Crippen LogP contribution in [0, 0.1) is 11.8 Å². The van der Waals surface area contributed by atoms with E-state index in [1.165, 1.54) is 38.8 Å². The summed E-state index contributed by atoms with van der Waals surface area (Å²) >= 11 is 0. The van der Waals surface area contributed by atoms with Crippen LogP contribution in [0.25, 0.3) is 0 Å². The maximum absolute atomic E-state index is 5.79. The third-order valence-corrected chi connectivity index (χ3v) is 3.61. The van der Waals surface area contributed by atoms with Crippen molar-refractivity contribution in [3.05, 3.63) is 0 Å². The largest absolute Gasteiger partial charge is 0.330 e. The summed E-state index contributed by atoms with van der Waals surface area (Å²) in [5, 5.41) is 0. The zero-order valence-corrected chi connectivity index (χ0v) is 10.7. The molecule has 0 heterocycles. The van der Waals surface area contributed by atoms with Crippen molar-refractivity contribution >= 4 is 0 Å². The maximum Gasteiger partial charge on any atom is 0.00983 e. The molecule has 1 saturated carbocycles. The van der Waals surface area contributed by atoms with Crippen LogP contribution >= 0.6 is 0 Å². The third-order valence-electron chi connectivity index (χ3n) is 3.61. The molecule has 2 nitrogen and oxygen atoms in total. The number of rotatable bonds is 5.